The van der Waals surface area contributed by atoms with E-state index in [9.17, 15) is 0 Å². The average molecular weight is 258 g/mol. The van der Waals surface area contributed by atoms with Crippen LogP contribution in [0.1, 0.15) is 30.7 Å². The topological polar surface area (TPSA) is 6.48 Å². The molecule has 2 aliphatic rings. The fraction of sp³-hybridized carbons (Fsp3) is 0.647. The molecule has 0 amide bonds. The van der Waals surface area contributed by atoms with E-state index in [2.05, 4.69) is 54.2 Å². The Morgan fingerprint density at radius 1 is 1.16 bits per heavy atom. The molecule has 0 radical (unpaired) electrons. The normalized spacial score (nSPS) is 28.8. The highest BCUT2D eigenvalue weighted by atomic mass is 15.2. The number of hydrogen-bond acceptors (Lipinski definition) is 2. The highest BCUT2D eigenvalue weighted by Gasteiger charge is 2.41. The minimum absolute atomic E-state index is 0.789. The Morgan fingerprint density at radius 2 is 1.84 bits per heavy atom. The van der Waals surface area contributed by atoms with Crippen molar-refractivity contribution in [1.29, 1.82) is 0 Å². The smallest absolute Gasteiger partial charge is 0.0168 e. The zero-order chi connectivity index (χ0) is 13.2. The largest absolute Gasteiger partial charge is 0.306 e. The molecule has 0 N–H and O–H groups in total. The van der Waals surface area contributed by atoms with Gasteiger partial charge >= 0.3 is 0 Å². The van der Waals surface area contributed by atoms with E-state index >= 15 is 0 Å². The maximum Gasteiger partial charge on any atom is 0.0168 e. The van der Waals surface area contributed by atoms with E-state index in [1.54, 1.807) is 0 Å². The van der Waals surface area contributed by atoms with Crippen molar-refractivity contribution < 1.29 is 0 Å². The lowest BCUT2D eigenvalue weighted by Gasteiger charge is -2.31. The van der Waals surface area contributed by atoms with Crippen molar-refractivity contribution in [2.45, 2.75) is 31.2 Å². The number of likely N-dealkylation sites (N-methyl/N-ethyl adjacent to an activating group) is 1. The molecule has 0 aromatic heterocycles. The van der Waals surface area contributed by atoms with Crippen molar-refractivity contribution in [2.75, 3.05) is 33.7 Å². The van der Waals surface area contributed by atoms with E-state index in [1.165, 1.54) is 44.5 Å². The fourth-order valence-electron chi connectivity index (χ4n) is 3.51. The second-order valence-corrected chi connectivity index (χ2v) is 6.51. The van der Waals surface area contributed by atoms with Crippen LogP contribution < -0.4 is 0 Å². The molecular formula is C17H26N2. The zero-order valence-electron chi connectivity index (χ0n) is 12.3. The molecule has 104 valence electrons. The summed E-state index contributed by atoms with van der Waals surface area (Å²) < 4.78 is 0. The van der Waals surface area contributed by atoms with Crippen LogP contribution in [0.3, 0.4) is 0 Å². The Balaban J connectivity index is 1.49. The summed E-state index contributed by atoms with van der Waals surface area (Å²) in [7, 11) is 4.57. The van der Waals surface area contributed by atoms with Gasteiger partial charge in [0.05, 0.1) is 0 Å². The van der Waals surface area contributed by atoms with Gasteiger partial charge in [-0.2, -0.15) is 0 Å². The summed E-state index contributed by atoms with van der Waals surface area (Å²) in [6.07, 6.45) is 4.11. The molecule has 1 aromatic carbocycles. The SMILES string of the molecule is CN1CCC(CN(C)C2CC2c2ccccc2)CC1. The van der Waals surface area contributed by atoms with E-state index < -0.39 is 0 Å². The summed E-state index contributed by atoms with van der Waals surface area (Å²) in [4.78, 5) is 5.08. The molecule has 1 aliphatic carbocycles. The van der Waals surface area contributed by atoms with Crippen molar-refractivity contribution in [3.8, 4) is 0 Å². The summed E-state index contributed by atoms with van der Waals surface area (Å²) in [6.45, 7) is 3.86. The Labute approximate surface area is 117 Å². The molecule has 1 saturated heterocycles. The molecule has 0 bridgehead atoms. The molecule has 3 rings (SSSR count). The number of piperidine rings is 1. The van der Waals surface area contributed by atoms with Crippen LogP contribution >= 0.6 is 0 Å². The average Bonchev–Trinajstić information content (AvgIpc) is 3.23. The maximum absolute atomic E-state index is 2.62. The maximum atomic E-state index is 2.62. The van der Waals surface area contributed by atoms with Gasteiger partial charge in [0.2, 0.25) is 0 Å². The van der Waals surface area contributed by atoms with Crippen LogP contribution in [0.4, 0.5) is 0 Å². The highest BCUT2D eigenvalue weighted by molar-refractivity contribution is 5.27. The number of likely N-dealkylation sites (tertiary alicyclic amines) is 1. The van der Waals surface area contributed by atoms with Crippen LogP contribution in [0.2, 0.25) is 0 Å². The van der Waals surface area contributed by atoms with Gasteiger partial charge in [0.25, 0.3) is 0 Å². The van der Waals surface area contributed by atoms with Gasteiger partial charge in [-0.25, -0.2) is 0 Å². The standard InChI is InChI=1S/C17H26N2/c1-18-10-8-14(9-11-18)13-19(2)17-12-16(17)15-6-4-3-5-7-15/h3-7,14,16-17H,8-13H2,1-2H3. The Kier molecular flexibility index (Phi) is 3.90. The summed E-state index contributed by atoms with van der Waals surface area (Å²) in [5.74, 6) is 1.70. The van der Waals surface area contributed by atoms with Gasteiger partial charge < -0.3 is 9.80 Å². The molecule has 1 aliphatic heterocycles. The van der Waals surface area contributed by atoms with Gasteiger partial charge in [-0.3, -0.25) is 0 Å². The summed E-state index contributed by atoms with van der Waals surface area (Å²) in [6, 6.07) is 11.8. The van der Waals surface area contributed by atoms with E-state index in [-0.39, 0.29) is 0 Å². The minimum atomic E-state index is 0.789. The highest BCUT2D eigenvalue weighted by Crippen LogP contribution is 2.44. The summed E-state index contributed by atoms with van der Waals surface area (Å²) in [5, 5.41) is 0. The van der Waals surface area contributed by atoms with Gasteiger partial charge in [0.1, 0.15) is 0 Å². The van der Waals surface area contributed by atoms with Crippen LogP contribution in [-0.2, 0) is 0 Å². The summed E-state index contributed by atoms with van der Waals surface area (Å²) in [5.41, 5.74) is 1.53. The predicted molar refractivity (Wildman–Crippen MR) is 80.4 cm³/mol. The lowest BCUT2D eigenvalue weighted by molar-refractivity contribution is 0.172. The molecular weight excluding hydrogens is 232 g/mol. The first-order valence-corrected chi connectivity index (χ1v) is 7.68. The molecule has 0 spiro atoms. The van der Waals surface area contributed by atoms with Crippen LogP contribution in [0.5, 0.6) is 0 Å². The molecule has 2 unspecified atom stereocenters. The van der Waals surface area contributed by atoms with Gasteiger partial charge in [-0.05, 0) is 57.9 Å². The molecule has 2 nitrogen and oxygen atoms in total. The Bertz CT molecular complexity index is 395. The third-order valence-corrected chi connectivity index (χ3v) is 4.93. The number of nitrogens with zero attached hydrogens (tertiary/aromatic N) is 2. The van der Waals surface area contributed by atoms with Crippen molar-refractivity contribution in [1.82, 2.24) is 9.80 Å². The van der Waals surface area contributed by atoms with Crippen molar-refractivity contribution in [2.24, 2.45) is 5.92 Å². The van der Waals surface area contributed by atoms with E-state index in [0.717, 1.165) is 17.9 Å². The van der Waals surface area contributed by atoms with Gasteiger partial charge in [-0.15, -0.1) is 0 Å². The molecule has 19 heavy (non-hydrogen) atoms. The van der Waals surface area contributed by atoms with Crippen LogP contribution in [0.15, 0.2) is 30.3 Å². The zero-order valence-corrected chi connectivity index (χ0v) is 12.3. The molecule has 2 fully saturated rings. The number of hydrogen-bond donors (Lipinski definition) is 0. The summed E-state index contributed by atoms with van der Waals surface area (Å²) >= 11 is 0. The quantitative estimate of drug-likeness (QED) is 0.819. The molecule has 1 saturated carbocycles. The first-order chi connectivity index (χ1) is 9.24. The third kappa shape index (κ3) is 3.18. The second kappa shape index (κ2) is 5.64. The molecule has 1 aromatic rings. The van der Waals surface area contributed by atoms with Gasteiger partial charge in [0.15, 0.2) is 0 Å². The van der Waals surface area contributed by atoms with Gasteiger partial charge in [0, 0.05) is 18.5 Å². The molecule has 1 heterocycles. The third-order valence-electron chi connectivity index (χ3n) is 4.93. The van der Waals surface area contributed by atoms with E-state index in [0.29, 0.717) is 0 Å². The number of benzene rings is 1. The fourth-order valence-corrected chi connectivity index (χ4v) is 3.51. The van der Waals surface area contributed by atoms with Crippen molar-refractivity contribution >= 4 is 0 Å². The van der Waals surface area contributed by atoms with E-state index in [1.807, 2.05) is 0 Å². The predicted octanol–water partition coefficient (Wildman–Crippen LogP) is 2.82. The first-order valence-electron chi connectivity index (χ1n) is 7.68. The second-order valence-electron chi connectivity index (χ2n) is 6.51. The number of rotatable bonds is 4. The van der Waals surface area contributed by atoms with Crippen LogP contribution in [0, 0.1) is 5.92 Å². The molecule has 2 atom stereocenters. The first kappa shape index (κ1) is 13.1. The lowest BCUT2D eigenvalue weighted by atomic mass is 9.96. The Hall–Kier alpha value is -0.860. The monoisotopic (exact) mass is 258 g/mol. The van der Waals surface area contributed by atoms with E-state index in [4.69, 9.17) is 0 Å². The van der Waals surface area contributed by atoms with Crippen molar-refractivity contribution in [3.05, 3.63) is 35.9 Å². The van der Waals surface area contributed by atoms with Crippen LogP contribution in [-0.4, -0.2) is 49.6 Å². The van der Waals surface area contributed by atoms with Crippen molar-refractivity contribution in [3.63, 3.8) is 0 Å². The lowest BCUT2D eigenvalue weighted by Crippen LogP contribution is -2.36. The van der Waals surface area contributed by atoms with Gasteiger partial charge in [-0.1, -0.05) is 30.3 Å². The van der Waals surface area contributed by atoms with Crippen LogP contribution in [0.25, 0.3) is 0 Å². The Morgan fingerprint density at radius 3 is 2.53 bits per heavy atom. The molecule has 2 heteroatoms. The minimum Gasteiger partial charge on any atom is -0.306 e.